The molecule has 21 heavy (non-hydrogen) atoms. The Morgan fingerprint density at radius 2 is 1.33 bits per heavy atom. The molecule has 0 atom stereocenters. The lowest BCUT2D eigenvalue weighted by Gasteiger charge is -2.08. The second-order valence-corrected chi connectivity index (χ2v) is 4.55. The number of ketones is 1. The Labute approximate surface area is 124 Å². The van der Waals surface area contributed by atoms with Crippen molar-refractivity contribution in [3.8, 4) is 17.2 Å². The Morgan fingerprint density at radius 3 is 1.81 bits per heavy atom. The molecule has 0 aromatic heterocycles. The summed E-state index contributed by atoms with van der Waals surface area (Å²) in [7, 11) is 4.77. The predicted octanol–water partition coefficient (Wildman–Crippen LogP) is 3.14. The van der Waals surface area contributed by atoms with Crippen LogP contribution >= 0.6 is 0 Å². The molecule has 0 N–H and O–H groups in total. The summed E-state index contributed by atoms with van der Waals surface area (Å²) in [6.45, 7) is 0. The number of benzene rings is 2. The molecule has 0 aliphatic rings. The largest absolute Gasteiger partial charge is 0.497 e. The van der Waals surface area contributed by atoms with E-state index in [-0.39, 0.29) is 5.78 Å². The lowest BCUT2D eigenvalue weighted by atomic mass is 10.0. The highest BCUT2D eigenvalue weighted by Crippen LogP contribution is 2.23. The van der Waals surface area contributed by atoms with Gasteiger partial charge in [0.1, 0.15) is 17.2 Å². The summed E-state index contributed by atoms with van der Waals surface area (Å²) in [5, 5.41) is 0. The van der Waals surface area contributed by atoms with Crippen molar-refractivity contribution in [1.82, 2.24) is 0 Å². The maximum atomic E-state index is 12.3. The Bertz CT molecular complexity index is 595. The Kier molecular flexibility index (Phi) is 4.82. The minimum absolute atomic E-state index is 0.0351. The molecule has 0 aliphatic heterocycles. The van der Waals surface area contributed by atoms with Crippen LogP contribution < -0.4 is 14.2 Å². The third-order valence-corrected chi connectivity index (χ3v) is 3.19. The average Bonchev–Trinajstić information content (AvgIpc) is 2.54. The Balaban J connectivity index is 2.18. The van der Waals surface area contributed by atoms with Crippen LogP contribution in [0.3, 0.4) is 0 Å². The zero-order valence-electron chi connectivity index (χ0n) is 12.4. The molecule has 0 fully saturated rings. The van der Waals surface area contributed by atoms with Crippen LogP contribution in [0.2, 0.25) is 0 Å². The number of methoxy groups -OCH3 is 3. The number of hydrogen-bond donors (Lipinski definition) is 0. The molecular weight excluding hydrogens is 268 g/mol. The SMILES string of the molecule is COc1ccc(C(=O)Cc2cc(OC)cc(OC)c2)cc1. The molecule has 0 saturated heterocycles. The predicted molar refractivity (Wildman–Crippen MR) is 80.6 cm³/mol. The van der Waals surface area contributed by atoms with Gasteiger partial charge in [0.15, 0.2) is 5.78 Å². The minimum atomic E-state index is 0.0351. The van der Waals surface area contributed by atoms with Crippen molar-refractivity contribution >= 4 is 5.78 Å². The molecular formula is C17H18O4. The molecule has 2 rings (SSSR count). The van der Waals surface area contributed by atoms with Gasteiger partial charge in [-0.25, -0.2) is 0 Å². The first-order chi connectivity index (χ1) is 10.2. The van der Waals surface area contributed by atoms with Crippen LogP contribution in [-0.2, 0) is 6.42 Å². The highest BCUT2D eigenvalue weighted by Gasteiger charge is 2.10. The number of carbonyl (C=O) groups excluding carboxylic acids is 1. The van der Waals surface area contributed by atoms with Crippen molar-refractivity contribution in [3.63, 3.8) is 0 Å². The van der Waals surface area contributed by atoms with E-state index in [1.165, 1.54) is 0 Å². The van der Waals surface area contributed by atoms with E-state index < -0.39 is 0 Å². The first-order valence-electron chi connectivity index (χ1n) is 6.55. The van der Waals surface area contributed by atoms with Gasteiger partial charge in [-0.1, -0.05) is 0 Å². The number of rotatable bonds is 6. The summed E-state index contributed by atoms with van der Waals surface area (Å²) < 4.78 is 15.5. The number of hydrogen-bond acceptors (Lipinski definition) is 4. The second-order valence-electron chi connectivity index (χ2n) is 4.55. The van der Waals surface area contributed by atoms with Crippen molar-refractivity contribution < 1.29 is 19.0 Å². The van der Waals surface area contributed by atoms with Gasteiger partial charge in [0.2, 0.25) is 0 Å². The van der Waals surface area contributed by atoms with Crippen LogP contribution in [0.5, 0.6) is 17.2 Å². The summed E-state index contributed by atoms with van der Waals surface area (Å²) in [5.74, 6) is 2.11. The quantitative estimate of drug-likeness (QED) is 0.765. The first kappa shape index (κ1) is 14.9. The molecule has 0 saturated carbocycles. The topological polar surface area (TPSA) is 44.8 Å². The lowest BCUT2D eigenvalue weighted by molar-refractivity contribution is 0.0993. The Morgan fingerprint density at radius 1 is 0.810 bits per heavy atom. The smallest absolute Gasteiger partial charge is 0.167 e. The lowest BCUT2D eigenvalue weighted by Crippen LogP contribution is -2.04. The van der Waals surface area contributed by atoms with E-state index >= 15 is 0 Å². The van der Waals surface area contributed by atoms with Crippen LogP contribution in [0, 0.1) is 0 Å². The molecule has 0 radical (unpaired) electrons. The van der Waals surface area contributed by atoms with E-state index in [0.717, 1.165) is 11.3 Å². The van der Waals surface area contributed by atoms with Gasteiger partial charge >= 0.3 is 0 Å². The van der Waals surface area contributed by atoms with Gasteiger partial charge < -0.3 is 14.2 Å². The zero-order valence-corrected chi connectivity index (χ0v) is 12.4. The van der Waals surface area contributed by atoms with E-state index in [1.807, 2.05) is 12.1 Å². The fraction of sp³-hybridized carbons (Fsp3) is 0.235. The van der Waals surface area contributed by atoms with Gasteiger partial charge in [-0.05, 0) is 42.0 Å². The second kappa shape index (κ2) is 6.79. The molecule has 0 amide bonds. The summed E-state index contributed by atoms with van der Waals surface area (Å²) in [6, 6.07) is 12.5. The van der Waals surface area contributed by atoms with Crippen LogP contribution in [0.25, 0.3) is 0 Å². The zero-order chi connectivity index (χ0) is 15.2. The van der Waals surface area contributed by atoms with Crippen molar-refractivity contribution in [3.05, 3.63) is 53.6 Å². The van der Waals surface area contributed by atoms with Crippen molar-refractivity contribution in [1.29, 1.82) is 0 Å². The molecule has 4 heteroatoms. The standard InChI is InChI=1S/C17H18O4/c1-19-14-6-4-13(5-7-14)17(18)10-12-8-15(20-2)11-16(9-12)21-3/h4-9,11H,10H2,1-3H3. The molecule has 0 unspecified atom stereocenters. The van der Waals surface area contributed by atoms with E-state index in [9.17, 15) is 4.79 Å². The number of ether oxygens (including phenoxy) is 3. The van der Waals surface area contributed by atoms with Gasteiger partial charge in [0.25, 0.3) is 0 Å². The fourth-order valence-electron chi connectivity index (χ4n) is 2.03. The van der Waals surface area contributed by atoms with Crippen LogP contribution in [-0.4, -0.2) is 27.1 Å². The fourth-order valence-corrected chi connectivity index (χ4v) is 2.03. The summed E-state index contributed by atoms with van der Waals surface area (Å²) in [4.78, 5) is 12.3. The number of Topliss-reactive ketones (excluding diaryl/α,β-unsaturated/α-hetero) is 1. The third-order valence-electron chi connectivity index (χ3n) is 3.19. The molecule has 0 spiro atoms. The summed E-state index contributed by atoms with van der Waals surface area (Å²) in [5.41, 5.74) is 1.50. The van der Waals surface area contributed by atoms with Gasteiger partial charge in [0, 0.05) is 18.1 Å². The molecule has 110 valence electrons. The third kappa shape index (κ3) is 3.75. The molecule has 2 aromatic rings. The van der Waals surface area contributed by atoms with E-state index in [0.29, 0.717) is 23.5 Å². The van der Waals surface area contributed by atoms with E-state index in [2.05, 4.69) is 0 Å². The highest BCUT2D eigenvalue weighted by molar-refractivity contribution is 5.97. The number of carbonyl (C=O) groups is 1. The summed E-state index contributed by atoms with van der Waals surface area (Å²) >= 11 is 0. The van der Waals surface area contributed by atoms with Gasteiger partial charge in [0.05, 0.1) is 21.3 Å². The van der Waals surface area contributed by atoms with Crippen molar-refractivity contribution in [2.45, 2.75) is 6.42 Å². The monoisotopic (exact) mass is 286 g/mol. The van der Waals surface area contributed by atoms with Gasteiger partial charge in [-0.2, -0.15) is 0 Å². The molecule has 0 heterocycles. The molecule has 0 bridgehead atoms. The Hall–Kier alpha value is -2.49. The minimum Gasteiger partial charge on any atom is -0.497 e. The van der Waals surface area contributed by atoms with Crippen molar-refractivity contribution in [2.75, 3.05) is 21.3 Å². The average molecular weight is 286 g/mol. The van der Waals surface area contributed by atoms with Gasteiger partial charge in [-0.3, -0.25) is 4.79 Å². The van der Waals surface area contributed by atoms with Crippen LogP contribution in [0.15, 0.2) is 42.5 Å². The first-order valence-corrected chi connectivity index (χ1v) is 6.55. The highest BCUT2D eigenvalue weighted by atomic mass is 16.5. The molecule has 2 aromatic carbocycles. The molecule has 4 nitrogen and oxygen atoms in total. The van der Waals surface area contributed by atoms with Crippen LogP contribution in [0.1, 0.15) is 15.9 Å². The van der Waals surface area contributed by atoms with Crippen LogP contribution in [0.4, 0.5) is 0 Å². The normalized spacial score (nSPS) is 10.0. The van der Waals surface area contributed by atoms with Crippen molar-refractivity contribution in [2.24, 2.45) is 0 Å². The van der Waals surface area contributed by atoms with Gasteiger partial charge in [-0.15, -0.1) is 0 Å². The van der Waals surface area contributed by atoms with E-state index in [4.69, 9.17) is 14.2 Å². The maximum absolute atomic E-state index is 12.3. The van der Waals surface area contributed by atoms with E-state index in [1.54, 1.807) is 51.7 Å². The summed E-state index contributed by atoms with van der Waals surface area (Å²) in [6.07, 6.45) is 0.292. The molecule has 0 aliphatic carbocycles. The maximum Gasteiger partial charge on any atom is 0.167 e.